The molecule has 0 amide bonds. The second kappa shape index (κ2) is 8.27. The predicted molar refractivity (Wildman–Crippen MR) is 67.4 cm³/mol. The average molecular weight is 244 g/mol. The van der Waals surface area contributed by atoms with Crippen molar-refractivity contribution in [3.8, 4) is 0 Å². The number of amidine groups is 1. The minimum absolute atomic E-state index is 0.287. The molecule has 1 heterocycles. The van der Waals surface area contributed by atoms with E-state index in [2.05, 4.69) is 15.0 Å². The molecule has 17 heavy (non-hydrogen) atoms. The summed E-state index contributed by atoms with van der Waals surface area (Å²) in [5.74, 6) is 0.287. The maximum absolute atomic E-state index is 8.50. The van der Waals surface area contributed by atoms with Gasteiger partial charge in [0.15, 0.2) is 5.84 Å². The molecule has 0 bridgehead atoms. The van der Waals surface area contributed by atoms with Crippen molar-refractivity contribution >= 4 is 5.84 Å². The van der Waals surface area contributed by atoms with Crippen LogP contribution in [0.25, 0.3) is 0 Å². The van der Waals surface area contributed by atoms with Crippen molar-refractivity contribution in [3.63, 3.8) is 0 Å². The summed E-state index contributed by atoms with van der Waals surface area (Å²) in [5.41, 5.74) is 5.48. The topological polar surface area (TPSA) is 74.3 Å². The minimum Gasteiger partial charge on any atom is -0.409 e. The molecule has 0 spiro atoms. The fraction of sp³-hybridized carbons (Fsp3) is 0.909. The number of nitrogens with two attached hydrogens (primary N) is 1. The first kappa shape index (κ1) is 14.2. The molecule has 0 saturated carbocycles. The van der Waals surface area contributed by atoms with Crippen molar-refractivity contribution in [2.45, 2.75) is 13.3 Å². The molecule has 1 fully saturated rings. The van der Waals surface area contributed by atoms with Crippen molar-refractivity contribution in [1.82, 2.24) is 9.80 Å². The van der Waals surface area contributed by atoms with E-state index in [9.17, 15) is 0 Å². The molecule has 6 nitrogen and oxygen atoms in total. The fourth-order valence-corrected chi connectivity index (χ4v) is 1.97. The SMILES string of the molecule is CCOCCCN1CCN(CC(N)=NO)CC1. The number of piperazine rings is 1. The quantitative estimate of drug-likeness (QED) is 0.213. The van der Waals surface area contributed by atoms with Crippen LogP contribution in [-0.2, 0) is 4.74 Å². The van der Waals surface area contributed by atoms with Gasteiger partial charge in [-0.25, -0.2) is 0 Å². The van der Waals surface area contributed by atoms with Gasteiger partial charge in [0.1, 0.15) is 0 Å². The predicted octanol–water partition coefficient (Wildman–Crippen LogP) is -0.223. The van der Waals surface area contributed by atoms with Crippen molar-refractivity contribution in [2.24, 2.45) is 10.9 Å². The van der Waals surface area contributed by atoms with E-state index in [1.165, 1.54) is 0 Å². The summed E-state index contributed by atoms with van der Waals surface area (Å²) in [6.45, 7) is 9.37. The lowest BCUT2D eigenvalue weighted by Crippen LogP contribution is -2.49. The van der Waals surface area contributed by atoms with E-state index in [1.807, 2.05) is 6.92 Å². The zero-order chi connectivity index (χ0) is 12.5. The largest absolute Gasteiger partial charge is 0.409 e. The van der Waals surface area contributed by atoms with Crippen molar-refractivity contribution < 1.29 is 9.94 Å². The van der Waals surface area contributed by atoms with Crippen LogP contribution >= 0.6 is 0 Å². The molecule has 0 unspecified atom stereocenters. The Morgan fingerprint density at radius 3 is 2.53 bits per heavy atom. The molecule has 0 aromatic heterocycles. The van der Waals surface area contributed by atoms with Gasteiger partial charge < -0.3 is 20.6 Å². The summed E-state index contributed by atoms with van der Waals surface area (Å²) in [6.07, 6.45) is 1.09. The van der Waals surface area contributed by atoms with Gasteiger partial charge in [-0.2, -0.15) is 0 Å². The van der Waals surface area contributed by atoms with Gasteiger partial charge in [0.05, 0.1) is 6.54 Å². The molecular formula is C11H24N4O2. The summed E-state index contributed by atoms with van der Waals surface area (Å²) < 4.78 is 5.32. The molecule has 0 aliphatic carbocycles. The number of nitrogens with zero attached hydrogens (tertiary/aromatic N) is 3. The zero-order valence-corrected chi connectivity index (χ0v) is 10.6. The number of oxime groups is 1. The average Bonchev–Trinajstić information content (AvgIpc) is 2.36. The highest BCUT2D eigenvalue weighted by Gasteiger charge is 2.16. The van der Waals surface area contributed by atoms with Crippen LogP contribution in [0.15, 0.2) is 5.16 Å². The summed E-state index contributed by atoms with van der Waals surface area (Å²) >= 11 is 0. The first-order valence-corrected chi connectivity index (χ1v) is 6.25. The van der Waals surface area contributed by atoms with Crippen LogP contribution in [0.2, 0.25) is 0 Å². The lowest BCUT2D eigenvalue weighted by Gasteiger charge is -2.34. The van der Waals surface area contributed by atoms with Crippen LogP contribution < -0.4 is 5.73 Å². The molecule has 100 valence electrons. The van der Waals surface area contributed by atoms with Crippen LogP contribution in [0, 0.1) is 0 Å². The Labute approximate surface area is 103 Å². The Kier molecular flexibility index (Phi) is 6.91. The summed E-state index contributed by atoms with van der Waals surface area (Å²) in [5, 5.41) is 11.5. The summed E-state index contributed by atoms with van der Waals surface area (Å²) in [6, 6.07) is 0. The van der Waals surface area contributed by atoms with Gasteiger partial charge in [0.25, 0.3) is 0 Å². The van der Waals surface area contributed by atoms with E-state index < -0.39 is 0 Å². The number of rotatable bonds is 7. The van der Waals surface area contributed by atoms with Crippen LogP contribution in [0.3, 0.4) is 0 Å². The molecule has 1 rings (SSSR count). The Hall–Kier alpha value is -0.850. The molecule has 0 atom stereocenters. The van der Waals surface area contributed by atoms with E-state index in [0.717, 1.165) is 52.4 Å². The van der Waals surface area contributed by atoms with E-state index >= 15 is 0 Å². The van der Waals surface area contributed by atoms with Gasteiger partial charge in [-0.05, 0) is 13.3 Å². The van der Waals surface area contributed by atoms with Gasteiger partial charge in [0.2, 0.25) is 0 Å². The lowest BCUT2D eigenvalue weighted by molar-refractivity contribution is 0.110. The van der Waals surface area contributed by atoms with Gasteiger partial charge in [-0.3, -0.25) is 4.90 Å². The number of hydrogen-bond donors (Lipinski definition) is 2. The first-order valence-electron chi connectivity index (χ1n) is 6.25. The Morgan fingerprint density at radius 2 is 1.94 bits per heavy atom. The van der Waals surface area contributed by atoms with Crippen LogP contribution in [0.1, 0.15) is 13.3 Å². The van der Waals surface area contributed by atoms with Gasteiger partial charge >= 0.3 is 0 Å². The zero-order valence-electron chi connectivity index (χ0n) is 10.6. The van der Waals surface area contributed by atoms with E-state index in [-0.39, 0.29) is 5.84 Å². The number of ether oxygens (including phenoxy) is 1. The highest BCUT2D eigenvalue weighted by atomic mass is 16.5. The van der Waals surface area contributed by atoms with Crippen molar-refractivity contribution in [1.29, 1.82) is 0 Å². The minimum atomic E-state index is 0.287. The van der Waals surface area contributed by atoms with Crippen molar-refractivity contribution in [3.05, 3.63) is 0 Å². The van der Waals surface area contributed by atoms with Crippen LogP contribution in [0.4, 0.5) is 0 Å². The normalized spacial score (nSPS) is 19.7. The highest BCUT2D eigenvalue weighted by Crippen LogP contribution is 2.02. The molecule has 3 N–H and O–H groups in total. The molecule has 1 aliphatic heterocycles. The maximum Gasteiger partial charge on any atom is 0.153 e. The smallest absolute Gasteiger partial charge is 0.153 e. The number of hydrogen-bond acceptors (Lipinski definition) is 5. The Bertz CT molecular complexity index is 228. The first-order chi connectivity index (χ1) is 8.26. The summed E-state index contributed by atoms with van der Waals surface area (Å²) in [4.78, 5) is 4.63. The summed E-state index contributed by atoms with van der Waals surface area (Å²) in [7, 11) is 0. The molecule has 0 radical (unpaired) electrons. The van der Waals surface area contributed by atoms with E-state index in [4.69, 9.17) is 15.7 Å². The third-order valence-electron chi connectivity index (χ3n) is 2.95. The van der Waals surface area contributed by atoms with Gasteiger partial charge in [-0.15, -0.1) is 0 Å². The van der Waals surface area contributed by atoms with Crippen molar-refractivity contribution in [2.75, 3.05) is 52.5 Å². The second-order valence-electron chi connectivity index (χ2n) is 4.26. The van der Waals surface area contributed by atoms with Gasteiger partial charge in [-0.1, -0.05) is 5.16 Å². The Morgan fingerprint density at radius 1 is 1.29 bits per heavy atom. The van der Waals surface area contributed by atoms with E-state index in [0.29, 0.717) is 6.54 Å². The van der Waals surface area contributed by atoms with E-state index in [1.54, 1.807) is 0 Å². The van der Waals surface area contributed by atoms with Crippen LogP contribution in [0.5, 0.6) is 0 Å². The molecule has 0 aromatic carbocycles. The fourth-order valence-electron chi connectivity index (χ4n) is 1.97. The monoisotopic (exact) mass is 244 g/mol. The van der Waals surface area contributed by atoms with Gasteiger partial charge in [0, 0.05) is 45.9 Å². The third kappa shape index (κ3) is 5.86. The molecular weight excluding hydrogens is 220 g/mol. The molecule has 6 heteroatoms. The second-order valence-corrected chi connectivity index (χ2v) is 4.26. The highest BCUT2D eigenvalue weighted by molar-refractivity contribution is 5.81. The Balaban J connectivity index is 2.09. The maximum atomic E-state index is 8.50. The van der Waals surface area contributed by atoms with Crippen LogP contribution in [-0.4, -0.2) is 73.3 Å². The lowest BCUT2D eigenvalue weighted by atomic mass is 10.3. The third-order valence-corrected chi connectivity index (χ3v) is 2.95. The molecule has 1 saturated heterocycles. The molecule has 1 aliphatic rings. The standard InChI is InChI=1S/C11H24N4O2/c1-2-17-9-3-4-14-5-7-15(8-6-14)10-11(12)13-16/h16H,2-10H2,1H3,(H2,12,13). The molecule has 0 aromatic rings.